The molecule has 3 aromatic rings. The number of nitrogens with zero attached hydrogens (tertiary/aromatic N) is 4. The zero-order valence-electron chi connectivity index (χ0n) is 13.3. The van der Waals surface area contributed by atoms with Crippen molar-refractivity contribution in [2.75, 3.05) is 5.32 Å². The zero-order valence-corrected chi connectivity index (χ0v) is 14.0. The summed E-state index contributed by atoms with van der Waals surface area (Å²) in [5.41, 5.74) is 1.02. The Morgan fingerprint density at radius 3 is 2.88 bits per heavy atom. The van der Waals surface area contributed by atoms with Crippen LogP contribution in [0.2, 0.25) is 5.02 Å². The average Bonchev–Trinajstić information content (AvgIpc) is 3.20. The van der Waals surface area contributed by atoms with E-state index in [4.69, 9.17) is 11.6 Å². The number of hydrogen-bond donors (Lipinski definition) is 1. The number of carbonyl (C=O) groups excluding carboxylic acids is 1. The van der Waals surface area contributed by atoms with Gasteiger partial charge in [-0.3, -0.25) is 9.48 Å². The SMILES string of the molecule is C[C@H](Cn1cccn1)C(=O)Nc1ccnn1Cc1cccc(Cl)c1. The lowest BCUT2D eigenvalue weighted by Gasteiger charge is -2.13. The van der Waals surface area contributed by atoms with Gasteiger partial charge in [0.2, 0.25) is 5.91 Å². The predicted octanol–water partition coefficient (Wildman–Crippen LogP) is 3.06. The number of nitrogens with one attached hydrogen (secondary N) is 1. The molecule has 1 atom stereocenters. The Morgan fingerprint density at radius 2 is 2.12 bits per heavy atom. The number of anilines is 1. The molecule has 2 heterocycles. The van der Waals surface area contributed by atoms with Crippen LogP contribution >= 0.6 is 11.6 Å². The Hall–Kier alpha value is -2.60. The van der Waals surface area contributed by atoms with Gasteiger partial charge >= 0.3 is 0 Å². The Bertz CT molecular complexity index is 812. The summed E-state index contributed by atoms with van der Waals surface area (Å²) in [5, 5.41) is 12.0. The van der Waals surface area contributed by atoms with Crippen LogP contribution in [0.5, 0.6) is 0 Å². The first-order valence-corrected chi connectivity index (χ1v) is 8.04. The molecule has 124 valence electrons. The summed E-state index contributed by atoms with van der Waals surface area (Å²) >= 11 is 6.01. The van der Waals surface area contributed by atoms with Crippen molar-refractivity contribution in [1.29, 1.82) is 0 Å². The maximum Gasteiger partial charge on any atom is 0.230 e. The predicted molar refractivity (Wildman–Crippen MR) is 92.8 cm³/mol. The second kappa shape index (κ2) is 7.31. The average molecular weight is 344 g/mol. The number of carbonyl (C=O) groups is 1. The Labute approximate surface area is 145 Å². The first kappa shape index (κ1) is 16.3. The molecule has 0 unspecified atom stereocenters. The molecule has 0 bridgehead atoms. The number of hydrogen-bond acceptors (Lipinski definition) is 3. The van der Waals surface area contributed by atoms with E-state index in [1.54, 1.807) is 27.8 Å². The van der Waals surface area contributed by atoms with Crippen LogP contribution in [0.4, 0.5) is 5.82 Å². The molecule has 6 nitrogen and oxygen atoms in total. The standard InChI is InChI=1S/C17H18ClN5O/c1-13(11-22-9-3-7-19-22)17(24)21-16-6-8-20-23(16)12-14-4-2-5-15(18)10-14/h2-10,13H,11-12H2,1H3,(H,21,24)/t13-/m1/s1. The fourth-order valence-corrected chi connectivity index (χ4v) is 2.61. The van der Waals surface area contributed by atoms with E-state index in [-0.39, 0.29) is 11.8 Å². The second-order valence-corrected chi connectivity index (χ2v) is 6.06. The van der Waals surface area contributed by atoms with E-state index in [1.165, 1.54) is 0 Å². The third-order valence-corrected chi connectivity index (χ3v) is 3.89. The highest BCUT2D eigenvalue weighted by Gasteiger charge is 2.16. The van der Waals surface area contributed by atoms with Crippen molar-refractivity contribution in [2.45, 2.75) is 20.0 Å². The minimum Gasteiger partial charge on any atom is -0.311 e. The molecular formula is C17H18ClN5O. The lowest BCUT2D eigenvalue weighted by molar-refractivity contribution is -0.119. The van der Waals surface area contributed by atoms with Gasteiger partial charge in [0.05, 0.1) is 25.2 Å². The van der Waals surface area contributed by atoms with Crippen LogP contribution in [0.3, 0.4) is 0 Å². The summed E-state index contributed by atoms with van der Waals surface area (Å²) in [6.07, 6.45) is 5.20. The fraction of sp³-hybridized carbons (Fsp3) is 0.235. The van der Waals surface area contributed by atoms with Crippen LogP contribution in [0.25, 0.3) is 0 Å². The molecule has 1 amide bonds. The summed E-state index contributed by atoms with van der Waals surface area (Å²) in [7, 11) is 0. The van der Waals surface area contributed by atoms with Gasteiger partial charge in [0.25, 0.3) is 0 Å². The van der Waals surface area contributed by atoms with Crippen LogP contribution in [0.1, 0.15) is 12.5 Å². The first-order valence-electron chi connectivity index (χ1n) is 7.66. The van der Waals surface area contributed by atoms with E-state index in [2.05, 4.69) is 15.5 Å². The molecule has 0 aliphatic rings. The number of benzene rings is 1. The van der Waals surface area contributed by atoms with Crippen molar-refractivity contribution in [3.8, 4) is 0 Å². The molecule has 0 fully saturated rings. The molecule has 0 saturated carbocycles. The molecular weight excluding hydrogens is 326 g/mol. The lowest BCUT2D eigenvalue weighted by atomic mass is 10.1. The normalized spacial score (nSPS) is 12.1. The van der Waals surface area contributed by atoms with Gasteiger partial charge < -0.3 is 5.32 Å². The molecule has 2 aromatic heterocycles. The summed E-state index contributed by atoms with van der Waals surface area (Å²) in [6.45, 7) is 2.94. The van der Waals surface area contributed by atoms with E-state index in [9.17, 15) is 4.79 Å². The number of amides is 1. The highest BCUT2D eigenvalue weighted by molar-refractivity contribution is 6.30. The molecule has 1 N–H and O–H groups in total. The monoisotopic (exact) mass is 343 g/mol. The van der Waals surface area contributed by atoms with Crippen LogP contribution in [0, 0.1) is 5.92 Å². The van der Waals surface area contributed by atoms with Crippen molar-refractivity contribution >= 4 is 23.3 Å². The lowest BCUT2D eigenvalue weighted by Crippen LogP contribution is -2.26. The van der Waals surface area contributed by atoms with Gasteiger partial charge in [-0.25, -0.2) is 4.68 Å². The number of aromatic nitrogens is 4. The molecule has 0 radical (unpaired) electrons. The fourth-order valence-electron chi connectivity index (χ4n) is 2.39. The van der Waals surface area contributed by atoms with E-state index in [1.807, 2.05) is 43.5 Å². The maximum atomic E-state index is 12.4. The summed E-state index contributed by atoms with van der Waals surface area (Å²) < 4.78 is 3.48. The van der Waals surface area contributed by atoms with Gasteiger partial charge in [-0.1, -0.05) is 30.7 Å². The third kappa shape index (κ3) is 4.02. The summed E-state index contributed by atoms with van der Waals surface area (Å²) in [6, 6.07) is 11.2. The van der Waals surface area contributed by atoms with Gasteiger partial charge in [0.15, 0.2) is 0 Å². The molecule has 1 aromatic carbocycles. The topological polar surface area (TPSA) is 64.7 Å². The van der Waals surface area contributed by atoms with Gasteiger partial charge in [-0.15, -0.1) is 0 Å². The smallest absolute Gasteiger partial charge is 0.230 e. The van der Waals surface area contributed by atoms with Crippen molar-refractivity contribution in [1.82, 2.24) is 19.6 Å². The second-order valence-electron chi connectivity index (χ2n) is 5.62. The Morgan fingerprint density at radius 1 is 1.25 bits per heavy atom. The van der Waals surface area contributed by atoms with Gasteiger partial charge in [-0.2, -0.15) is 10.2 Å². The van der Waals surface area contributed by atoms with Crippen molar-refractivity contribution < 1.29 is 4.79 Å². The maximum absolute atomic E-state index is 12.4. The van der Waals surface area contributed by atoms with Crippen LogP contribution in [0.15, 0.2) is 55.0 Å². The van der Waals surface area contributed by atoms with Crippen molar-refractivity contribution in [3.63, 3.8) is 0 Å². The van der Waals surface area contributed by atoms with Crippen LogP contribution in [-0.2, 0) is 17.9 Å². The van der Waals surface area contributed by atoms with Crippen LogP contribution < -0.4 is 5.32 Å². The van der Waals surface area contributed by atoms with E-state index >= 15 is 0 Å². The summed E-state index contributed by atoms with van der Waals surface area (Å²) in [5.74, 6) is 0.380. The number of rotatable bonds is 6. The van der Waals surface area contributed by atoms with Gasteiger partial charge in [0.1, 0.15) is 5.82 Å². The molecule has 0 aliphatic heterocycles. The minimum absolute atomic E-state index is 0.0710. The van der Waals surface area contributed by atoms with E-state index in [0.717, 1.165) is 5.56 Å². The highest BCUT2D eigenvalue weighted by atomic mass is 35.5. The summed E-state index contributed by atoms with van der Waals surface area (Å²) in [4.78, 5) is 12.4. The minimum atomic E-state index is -0.209. The molecule has 0 spiro atoms. The Balaban J connectivity index is 1.65. The van der Waals surface area contributed by atoms with Gasteiger partial charge in [-0.05, 0) is 23.8 Å². The van der Waals surface area contributed by atoms with Crippen molar-refractivity contribution in [3.05, 3.63) is 65.6 Å². The van der Waals surface area contributed by atoms with Crippen LogP contribution in [-0.4, -0.2) is 25.5 Å². The van der Waals surface area contributed by atoms with E-state index < -0.39 is 0 Å². The largest absolute Gasteiger partial charge is 0.311 e. The van der Waals surface area contributed by atoms with E-state index in [0.29, 0.717) is 23.9 Å². The molecule has 3 rings (SSSR count). The first-order chi connectivity index (χ1) is 11.6. The molecule has 0 aliphatic carbocycles. The van der Waals surface area contributed by atoms with Crippen molar-refractivity contribution in [2.24, 2.45) is 5.92 Å². The quantitative estimate of drug-likeness (QED) is 0.748. The molecule has 7 heteroatoms. The molecule has 0 saturated heterocycles. The molecule has 24 heavy (non-hydrogen) atoms. The highest BCUT2D eigenvalue weighted by Crippen LogP contribution is 2.15. The number of halogens is 1. The van der Waals surface area contributed by atoms with Gasteiger partial charge in [0, 0.05) is 23.5 Å². The Kier molecular flexibility index (Phi) is 4.96. The third-order valence-electron chi connectivity index (χ3n) is 3.66. The zero-order chi connectivity index (χ0) is 16.9.